The molecule has 0 saturated heterocycles. The van der Waals surface area contributed by atoms with Crippen molar-refractivity contribution in [3.05, 3.63) is 23.0 Å². The molecule has 0 aliphatic rings. The molecule has 0 unspecified atom stereocenters. The lowest BCUT2D eigenvalue weighted by molar-refractivity contribution is -0.142. The van der Waals surface area contributed by atoms with E-state index in [0.29, 0.717) is 6.07 Å². The van der Waals surface area contributed by atoms with Crippen molar-refractivity contribution < 1.29 is 36.6 Å². The van der Waals surface area contributed by atoms with Crippen LogP contribution in [0.1, 0.15) is 35.1 Å². The van der Waals surface area contributed by atoms with E-state index in [2.05, 4.69) is 9.72 Å². The third-order valence-electron chi connectivity index (χ3n) is 1.99. The molecule has 1 rings (SSSR count). The van der Waals surface area contributed by atoms with Gasteiger partial charge in [0.1, 0.15) is 17.0 Å². The van der Waals surface area contributed by atoms with Crippen molar-refractivity contribution in [3.8, 4) is 5.75 Å². The number of pyridine rings is 1. The number of rotatable bonds is 3. The van der Waals surface area contributed by atoms with Crippen molar-refractivity contribution >= 4 is 5.97 Å². The van der Waals surface area contributed by atoms with Crippen molar-refractivity contribution in [2.24, 2.45) is 0 Å². The summed E-state index contributed by atoms with van der Waals surface area (Å²) in [6.07, 6.45) is -8.49. The molecule has 0 aromatic carbocycles. The Bertz CT molecular complexity index is 487. The van der Waals surface area contributed by atoms with Gasteiger partial charge in [0.05, 0.1) is 6.61 Å². The third kappa shape index (κ3) is 3.30. The number of halogens is 5. The summed E-state index contributed by atoms with van der Waals surface area (Å²) in [4.78, 5) is 14.0. The fourth-order valence-electron chi connectivity index (χ4n) is 1.27. The Morgan fingerprint density at radius 2 is 2.05 bits per heavy atom. The van der Waals surface area contributed by atoms with Gasteiger partial charge in [-0.3, -0.25) is 0 Å². The molecular formula is C10H8F5NO3. The van der Waals surface area contributed by atoms with Crippen LogP contribution in [-0.4, -0.2) is 22.7 Å². The maximum Gasteiger partial charge on any atom is 0.434 e. The molecule has 1 N–H and O–H groups in total. The van der Waals surface area contributed by atoms with Crippen LogP contribution < -0.4 is 0 Å². The third-order valence-corrected chi connectivity index (χ3v) is 1.99. The standard InChI is InChI=1S/C10H8F5NO3/c1-2-19-9(18)6-5(17)3-4(8(11)12)16-7(6)10(13,14)15/h3,8H,2H2,1H3,(H,16,17). The SMILES string of the molecule is CCOC(=O)c1c(O)cc(C(F)F)nc1C(F)(F)F. The minimum absolute atomic E-state index is 0.244. The molecule has 1 aromatic rings. The van der Waals surface area contributed by atoms with E-state index in [1.807, 2.05) is 0 Å². The maximum absolute atomic E-state index is 12.6. The molecule has 1 heterocycles. The van der Waals surface area contributed by atoms with E-state index in [9.17, 15) is 31.9 Å². The van der Waals surface area contributed by atoms with Crippen LogP contribution in [0.5, 0.6) is 5.75 Å². The highest BCUT2D eigenvalue weighted by molar-refractivity contribution is 5.93. The second-order valence-corrected chi connectivity index (χ2v) is 3.31. The van der Waals surface area contributed by atoms with Crippen LogP contribution in [0.15, 0.2) is 6.07 Å². The molecule has 0 spiro atoms. The molecule has 19 heavy (non-hydrogen) atoms. The average Bonchev–Trinajstić information content (AvgIpc) is 2.26. The summed E-state index contributed by atoms with van der Waals surface area (Å²) in [5, 5.41) is 9.31. The van der Waals surface area contributed by atoms with Crippen LogP contribution in [0.3, 0.4) is 0 Å². The van der Waals surface area contributed by atoms with E-state index in [0.717, 1.165) is 0 Å². The second kappa shape index (κ2) is 5.37. The topological polar surface area (TPSA) is 59.4 Å². The largest absolute Gasteiger partial charge is 0.507 e. The summed E-state index contributed by atoms with van der Waals surface area (Å²) in [7, 11) is 0. The minimum atomic E-state index is -5.18. The predicted molar refractivity (Wildman–Crippen MR) is 51.8 cm³/mol. The van der Waals surface area contributed by atoms with Gasteiger partial charge < -0.3 is 9.84 Å². The fraction of sp³-hybridized carbons (Fsp3) is 0.400. The number of ether oxygens (including phenoxy) is 1. The first-order valence-corrected chi connectivity index (χ1v) is 4.94. The van der Waals surface area contributed by atoms with E-state index < -0.39 is 41.3 Å². The van der Waals surface area contributed by atoms with Gasteiger partial charge in [-0.05, 0) is 6.92 Å². The van der Waals surface area contributed by atoms with Crippen LogP contribution in [0, 0.1) is 0 Å². The Morgan fingerprint density at radius 3 is 2.47 bits per heavy atom. The Balaban J connectivity index is 3.48. The minimum Gasteiger partial charge on any atom is -0.507 e. The Labute approximate surface area is 103 Å². The normalized spacial score (nSPS) is 11.7. The second-order valence-electron chi connectivity index (χ2n) is 3.31. The highest BCUT2D eigenvalue weighted by Crippen LogP contribution is 2.36. The van der Waals surface area contributed by atoms with Crippen LogP contribution in [0.25, 0.3) is 0 Å². The molecule has 9 heteroatoms. The molecule has 0 amide bonds. The van der Waals surface area contributed by atoms with Gasteiger partial charge in [0.25, 0.3) is 6.43 Å². The zero-order valence-corrected chi connectivity index (χ0v) is 9.46. The van der Waals surface area contributed by atoms with Gasteiger partial charge in [0.2, 0.25) is 0 Å². The lowest BCUT2D eigenvalue weighted by atomic mass is 10.1. The molecule has 106 valence electrons. The molecule has 0 saturated carbocycles. The first-order chi connectivity index (χ1) is 8.68. The number of alkyl halides is 5. The summed E-state index contributed by atoms with van der Waals surface area (Å²) in [6, 6.07) is 0.298. The van der Waals surface area contributed by atoms with Crippen LogP contribution >= 0.6 is 0 Å². The van der Waals surface area contributed by atoms with Crippen LogP contribution in [0.2, 0.25) is 0 Å². The smallest absolute Gasteiger partial charge is 0.434 e. The number of aromatic hydroxyl groups is 1. The fourth-order valence-corrected chi connectivity index (χ4v) is 1.27. The van der Waals surface area contributed by atoms with Gasteiger partial charge >= 0.3 is 12.1 Å². The molecule has 1 aromatic heterocycles. The monoisotopic (exact) mass is 285 g/mol. The number of esters is 1. The lowest BCUT2D eigenvalue weighted by Crippen LogP contribution is -2.18. The molecule has 0 aliphatic heterocycles. The molecule has 0 aliphatic carbocycles. The highest BCUT2D eigenvalue weighted by Gasteiger charge is 2.40. The molecule has 0 fully saturated rings. The summed E-state index contributed by atoms with van der Waals surface area (Å²) >= 11 is 0. The van der Waals surface area contributed by atoms with E-state index >= 15 is 0 Å². The van der Waals surface area contributed by atoms with Gasteiger partial charge in [0, 0.05) is 6.07 Å². The number of nitrogens with zero attached hydrogens (tertiary/aromatic N) is 1. The van der Waals surface area contributed by atoms with Gasteiger partial charge in [-0.2, -0.15) is 13.2 Å². The van der Waals surface area contributed by atoms with E-state index in [-0.39, 0.29) is 6.61 Å². The quantitative estimate of drug-likeness (QED) is 0.685. The molecule has 0 atom stereocenters. The van der Waals surface area contributed by atoms with Gasteiger partial charge in [-0.25, -0.2) is 18.6 Å². The van der Waals surface area contributed by atoms with E-state index in [1.165, 1.54) is 6.92 Å². The number of carbonyl (C=O) groups excluding carboxylic acids is 1. The zero-order valence-electron chi connectivity index (χ0n) is 9.46. The van der Waals surface area contributed by atoms with Crippen molar-refractivity contribution in [1.29, 1.82) is 0 Å². The first-order valence-electron chi connectivity index (χ1n) is 4.94. The maximum atomic E-state index is 12.6. The Hall–Kier alpha value is -1.93. The van der Waals surface area contributed by atoms with Crippen molar-refractivity contribution in [2.45, 2.75) is 19.5 Å². The molecule has 4 nitrogen and oxygen atoms in total. The van der Waals surface area contributed by atoms with Crippen molar-refractivity contribution in [2.75, 3.05) is 6.61 Å². The van der Waals surface area contributed by atoms with E-state index in [1.54, 1.807) is 0 Å². The van der Waals surface area contributed by atoms with Crippen LogP contribution in [0.4, 0.5) is 22.0 Å². The molecular weight excluding hydrogens is 277 g/mol. The lowest BCUT2D eigenvalue weighted by Gasteiger charge is -2.14. The summed E-state index contributed by atoms with van der Waals surface area (Å²) < 4.78 is 66.9. The van der Waals surface area contributed by atoms with Crippen molar-refractivity contribution in [1.82, 2.24) is 4.98 Å². The number of hydrogen-bond acceptors (Lipinski definition) is 4. The average molecular weight is 285 g/mol. The Kier molecular flexibility index (Phi) is 4.28. The summed E-state index contributed by atoms with van der Waals surface area (Å²) in [5.41, 5.74) is -4.46. The summed E-state index contributed by atoms with van der Waals surface area (Å²) in [5.74, 6) is -2.74. The van der Waals surface area contributed by atoms with Crippen molar-refractivity contribution in [3.63, 3.8) is 0 Å². The molecule has 0 bridgehead atoms. The predicted octanol–water partition coefficient (Wildman–Crippen LogP) is 2.92. The zero-order chi connectivity index (χ0) is 14.8. The number of hydrogen-bond donors (Lipinski definition) is 1. The molecule has 0 radical (unpaired) electrons. The van der Waals surface area contributed by atoms with E-state index in [4.69, 9.17) is 0 Å². The van der Waals surface area contributed by atoms with Gasteiger partial charge in [-0.15, -0.1) is 0 Å². The van der Waals surface area contributed by atoms with Gasteiger partial charge in [-0.1, -0.05) is 0 Å². The number of aromatic nitrogens is 1. The first kappa shape index (κ1) is 15.1. The highest BCUT2D eigenvalue weighted by atomic mass is 19.4. The Morgan fingerprint density at radius 1 is 1.47 bits per heavy atom. The number of carbonyl (C=O) groups is 1. The van der Waals surface area contributed by atoms with Gasteiger partial charge in [0.15, 0.2) is 5.69 Å². The van der Waals surface area contributed by atoms with Crippen LogP contribution in [-0.2, 0) is 10.9 Å². The summed E-state index contributed by atoms with van der Waals surface area (Å²) in [6.45, 7) is 1.09.